The van der Waals surface area contributed by atoms with Crippen LogP contribution in [0.5, 0.6) is 0 Å². The summed E-state index contributed by atoms with van der Waals surface area (Å²) in [7, 11) is 0. The molecule has 0 saturated heterocycles. The van der Waals surface area contributed by atoms with E-state index in [1.165, 1.54) is 32.1 Å². The third-order valence-electron chi connectivity index (χ3n) is 3.54. The summed E-state index contributed by atoms with van der Waals surface area (Å²) in [4.78, 5) is 0. The largest absolute Gasteiger partial charge is 0.327 e. The second-order valence-electron chi connectivity index (χ2n) is 4.64. The molecule has 0 bridgehead atoms. The highest BCUT2D eigenvalue weighted by molar-refractivity contribution is 4.99. The van der Waals surface area contributed by atoms with Crippen LogP contribution in [0.25, 0.3) is 0 Å². The van der Waals surface area contributed by atoms with Gasteiger partial charge in [-0.05, 0) is 30.6 Å². The van der Waals surface area contributed by atoms with Crippen molar-refractivity contribution in [3.63, 3.8) is 0 Å². The zero-order valence-corrected chi connectivity index (χ0v) is 8.77. The van der Waals surface area contributed by atoms with Crippen molar-refractivity contribution in [1.82, 2.24) is 0 Å². The summed E-state index contributed by atoms with van der Waals surface area (Å²) < 4.78 is 0. The van der Waals surface area contributed by atoms with E-state index in [1.807, 2.05) is 0 Å². The minimum absolute atomic E-state index is 0.461. The molecule has 1 heteroatoms. The molecule has 2 N–H and O–H groups in total. The summed E-state index contributed by atoms with van der Waals surface area (Å²) >= 11 is 0. The molecule has 2 unspecified atom stereocenters. The lowest BCUT2D eigenvalue weighted by molar-refractivity contribution is 0.283. The Bertz CT molecular complexity index is 138. The monoisotopic (exact) mass is 169 g/mol. The number of rotatable bonds is 5. The number of nitrogens with two attached hydrogens (primary N) is 1. The highest BCUT2D eigenvalue weighted by Gasteiger charge is 2.45. The molecule has 0 amide bonds. The quantitative estimate of drug-likeness (QED) is 0.673. The number of hydrogen-bond acceptors (Lipinski definition) is 1. The zero-order valence-electron chi connectivity index (χ0n) is 8.77. The van der Waals surface area contributed by atoms with Crippen LogP contribution >= 0.6 is 0 Å². The van der Waals surface area contributed by atoms with Crippen molar-refractivity contribution in [1.29, 1.82) is 0 Å². The molecule has 1 saturated carbocycles. The fraction of sp³-hybridized carbons (Fsp3) is 1.00. The molecule has 72 valence electrons. The first-order valence-electron chi connectivity index (χ1n) is 5.39. The molecule has 0 aromatic heterocycles. The van der Waals surface area contributed by atoms with Crippen molar-refractivity contribution in [3.05, 3.63) is 0 Å². The molecule has 0 aliphatic heterocycles. The molecule has 1 nitrogen and oxygen atoms in total. The van der Waals surface area contributed by atoms with Gasteiger partial charge in [0, 0.05) is 6.04 Å². The van der Waals surface area contributed by atoms with Gasteiger partial charge in [-0.25, -0.2) is 0 Å². The highest BCUT2D eigenvalue weighted by Crippen LogP contribution is 2.50. The third kappa shape index (κ3) is 2.01. The predicted octanol–water partition coefficient (Wildman–Crippen LogP) is 2.94. The Morgan fingerprint density at radius 3 is 2.25 bits per heavy atom. The van der Waals surface area contributed by atoms with E-state index in [1.54, 1.807) is 0 Å². The smallest absolute Gasteiger partial charge is 0.0121 e. The Labute approximate surface area is 76.7 Å². The third-order valence-corrected chi connectivity index (χ3v) is 3.54. The molecule has 12 heavy (non-hydrogen) atoms. The van der Waals surface area contributed by atoms with Crippen LogP contribution in [-0.4, -0.2) is 6.04 Å². The summed E-state index contributed by atoms with van der Waals surface area (Å²) in [5, 5.41) is 0. The van der Waals surface area contributed by atoms with Gasteiger partial charge in [0.1, 0.15) is 0 Å². The molecule has 1 aliphatic rings. The summed E-state index contributed by atoms with van der Waals surface area (Å²) in [6, 6.07) is 0.461. The molecular formula is C11H23N. The van der Waals surface area contributed by atoms with Crippen LogP contribution < -0.4 is 5.73 Å². The van der Waals surface area contributed by atoms with Crippen LogP contribution in [0.4, 0.5) is 0 Å². The van der Waals surface area contributed by atoms with Crippen LogP contribution in [0.15, 0.2) is 0 Å². The summed E-state index contributed by atoms with van der Waals surface area (Å²) in [5.74, 6) is 0.766. The van der Waals surface area contributed by atoms with E-state index in [4.69, 9.17) is 5.73 Å². The minimum atomic E-state index is 0.461. The molecular weight excluding hydrogens is 146 g/mol. The molecule has 0 spiro atoms. The standard InChI is InChI=1S/C11H23N/c1-4-6-9(5-2)10(12)11(3)7-8-11/h9-10H,4-8,12H2,1-3H3. The summed E-state index contributed by atoms with van der Waals surface area (Å²) in [6.45, 7) is 6.87. The topological polar surface area (TPSA) is 26.0 Å². The molecule has 0 aromatic carbocycles. The van der Waals surface area contributed by atoms with Gasteiger partial charge in [-0.3, -0.25) is 0 Å². The van der Waals surface area contributed by atoms with Crippen LogP contribution in [0.3, 0.4) is 0 Å². The van der Waals surface area contributed by atoms with E-state index < -0.39 is 0 Å². The van der Waals surface area contributed by atoms with Gasteiger partial charge in [-0.15, -0.1) is 0 Å². The van der Waals surface area contributed by atoms with Crippen molar-refractivity contribution < 1.29 is 0 Å². The maximum atomic E-state index is 6.25. The summed E-state index contributed by atoms with van der Waals surface area (Å²) in [5.41, 5.74) is 6.76. The van der Waals surface area contributed by atoms with Crippen LogP contribution in [0, 0.1) is 11.3 Å². The average Bonchev–Trinajstić information content (AvgIpc) is 2.79. The van der Waals surface area contributed by atoms with Crippen LogP contribution in [0.2, 0.25) is 0 Å². The first kappa shape index (κ1) is 10.0. The van der Waals surface area contributed by atoms with Crippen LogP contribution in [-0.2, 0) is 0 Å². The first-order valence-corrected chi connectivity index (χ1v) is 5.39. The van der Waals surface area contributed by atoms with Gasteiger partial charge in [-0.1, -0.05) is 33.6 Å². The van der Waals surface area contributed by atoms with Crippen molar-refractivity contribution in [2.75, 3.05) is 0 Å². The minimum Gasteiger partial charge on any atom is -0.327 e. The van der Waals surface area contributed by atoms with Crippen molar-refractivity contribution >= 4 is 0 Å². The maximum Gasteiger partial charge on any atom is 0.0121 e. The van der Waals surface area contributed by atoms with Gasteiger partial charge in [0.05, 0.1) is 0 Å². The Kier molecular flexibility index (Phi) is 3.16. The van der Waals surface area contributed by atoms with E-state index in [-0.39, 0.29) is 0 Å². The second-order valence-corrected chi connectivity index (χ2v) is 4.64. The van der Waals surface area contributed by atoms with E-state index in [2.05, 4.69) is 20.8 Å². The van der Waals surface area contributed by atoms with Crippen LogP contribution in [0.1, 0.15) is 52.9 Å². The molecule has 2 atom stereocenters. The second kappa shape index (κ2) is 3.78. The lowest BCUT2D eigenvalue weighted by atomic mass is 9.83. The first-order chi connectivity index (χ1) is 5.64. The molecule has 1 rings (SSSR count). The van der Waals surface area contributed by atoms with E-state index in [9.17, 15) is 0 Å². The van der Waals surface area contributed by atoms with E-state index in [0.29, 0.717) is 11.5 Å². The van der Waals surface area contributed by atoms with E-state index >= 15 is 0 Å². The zero-order chi connectivity index (χ0) is 9.19. The highest BCUT2D eigenvalue weighted by atomic mass is 14.7. The molecule has 0 heterocycles. The Hall–Kier alpha value is -0.0400. The Morgan fingerprint density at radius 2 is 1.92 bits per heavy atom. The molecule has 0 radical (unpaired) electrons. The molecule has 1 fully saturated rings. The Balaban J connectivity index is 2.41. The van der Waals surface area contributed by atoms with Gasteiger partial charge in [-0.2, -0.15) is 0 Å². The molecule has 0 aromatic rings. The van der Waals surface area contributed by atoms with Gasteiger partial charge >= 0.3 is 0 Å². The normalized spacial score (nSPS) is 25.0. The van der Waals surface area contributed by atoms with E-state index in [0.717, 1.165) is 5.92 Å². The van der Waals surface area contributed by atoms with Gasteiger partial charge < -0.3 is 5.73 Å². The maximum absolute atomic E-state index is 6.25. The van der Waals surface area contributed by atoms with Crippen molar-refractivity contribution in [2.45, 2.75) is 58.9 Å². The van der Waals surface area contributed by atoms with Gasteiger partial charge in [0.25, 0.3) is 0 Å². The predicted molar refractivity (Wildman–Crippen MR) is 54.0 cm³/mol. The number of hydrogen-bond donors (Lipinski definition) is 1. The fourth-order valence-electron chi connectivity index (χ4n) is 2.11. The lowest BCUT2D eigenvalue weighted by Crippen LogP contribution is -2.37. The van der Waals surface area contributed by atoms with Gasteiger partial charge in [0.15, 0.2) is 0 Å². The fourth-order valence-corrected chi connectivity index (χ4v) is 2.11. The SMILES string of the molecule is CCCC(CC)C(N)C1(C)CC1. The average molecular weight is 169 g/mol. The molecule has 1 aliphatic carbocycles. The van der Waals surface area contributed by atoms with Crippen molar-refractivity contribution in [2.24, 2.45) is 17.1 Å². The lowest BCUT2D eigenvalue weighted by Gasteiger charge is -2.27. The Morgan fingerprint density at radius 1 is 1.33 bits per heavy atom. The van der Waals surface area contributed by atoms with Gasteiger partial charge in [0.2, 0.25) is 0 Å². The summed E-state index contributed by atoms with van der Waals surface area (Å²) in [6.07, 6.45) is 6.56. The van der Waals surface area contributed by atoms with Crippen molar-refractivity contribution in [3.8, 4) is 0 Å².